The van der Waals surface area contributed by atoms with E-state index >= 15 is 0 Å². The average molecular weight is 369 g/mol. The molecule has 0 aliphatic carbocycles. The highest BCUT2D eigenvalue weighted by Gasteiger charge is 2.21. The number of halogens is 1. The summed E-state index contributed by atoms with van der Waals surface area (Å²) in [6.45, 7) is 10.1. The largest absolute Gasteiger partial charge is 0.369 e. The minimum Gasteiger partial charge on any atom is -0.369 e. The third-order valence-electron chi connectivity index (χ3n) is 4.94. The van der Waals surface area contributed by atoms with E-state index in [2.05, 4.69) is 42.0 Å². The molecule has 1 heterocycles. The summed E-state index contributed by atoms with van der Waals surface area (Å²) >= 11 is 0. The van der Waals surface area contributed by atoms with Crippen molar-refractivity contribution in [3.05, 3.63) is 59.9 Å². The summed E-state index contributed by atoms with van der Waals surface area (Å²) in [4.78, 5) is 16.9. The molecule has 1 amide bonds. The van der Waals surface area contributed by atoms with Gasteiger partial charge in [-0.2, -0.15) is 0 Å². The van der Waals surface area contributed by atoms with E-state index in [0.717, 1.165) is 43.1 Å². The van der Waals surface area contributed by atoms with Gasteiger partial charge in [-0.05, 0) is 41.3 Å². The molecule has 1 N–H and O–H groups in total. The molecule has 1 saturated heterocycles. The van der Waals surface area contributed by atoms with Gasteiger partial charge in [0.05, 0.1) is 6.54 Å². The van der Waals surface area contributed by atoms with E-state index in [1.54, 1.807) is 12.1 Å². The van der Waals surface area contributed by atoms with Crippen LogP contribution in [0.3, 0.4) is 0 Å². The van der Waals surface area contributed by atoms with E-state index < -0.39 is 0 Å². The Morgan fingerprint density at radius 1 is 1.00 bits per heavy atom. The smallest absolute Gasteiger partial charge is 0.238 e. The lowest BCUT2D eigenvalue weighted by Crippen LogP contribution is -2.48. The number of piperazine rings is 1. The predicted molar refractivity (Wildman–Crippen MR) is 109 cm³/mol. The lowest BCUT2D eigenvalue weighted by atomic mass is 9.86. The normalized spacial score (nSPS) is 15.6. The maximum absolute atomic E-state index is 13.1. The fraction of sp³-hybridized carbons (Fsp3) is 0.409. The molecule has 0 bridgehead atoms. The molecule has 5 heteroatoms. The van der Waals surface area contributed by atoms with E-state index in [1.807, 2.05) is 18.2 Å². The van der Waals surface area contributed by atoms with Crippen LogP contribution in [-0.4, -0.2) is 43.5 Å². The molecule has 2 aromatic carbocycles. The maximum atomic E-state index is 13.1. The first-order valence-electron chi connectivity index (χ1n) is 9.45. The summed E-state index contributed by atoms with van der Waals surface area (Å²) in [7, 11) is 0. The molecule has 27 heavy (non-hydrogen) atoms. The number of anilines is 2. The number of rotatable bonds is 4. The average Bonchev–Trinajstić information content (AvgIpc) is 2.62. The van der Waals surface area contributed by atoms with Gasteiger partial charge in [-0.15, -0.1) is 0 Å². The van der Waals surface area contributed by atoms with Crippen molar-refractivity contribution in [2.75, 3.05) is 42.9 Å². The fourth-order valence-corrected chi connectivity index (χ4v) is 3.46. The van der Waals surface area contributed by atoms with Gasteiger partial charge in [-0.25, -0.2) is 4.39 Å². The van der Waals surface area contributed by atoms with Crippen LogP contribution < -0.4 is 10.2 Å². The molecule has 0 unspecified atom stereocenters. The first kappa shape index (κ1) is 19.4. The first-order chi connectivity index (χ1) is 12.8. The molecule has 1 fully saturated rings. The zero-order chi connectivity index (χ0) is 19.4. The highest BCUT2D eigenvalue weighted by atomic mass is 19.1. The van der Waals surface area contributed by atoms with Crippen LogP contribution in [0.15, 0.2) is 48.5 Å². The minimum absolute atomic E-state index is 0.0157. The van der Waals surface area contributed by atoms with Gasteiger partial charge in [0.1, 0.15) is 5.82 Å². The van der Waals surface area contributed by atoms with Crippen molar-refractivity contribution in [1.82, 2.24) is 4.90 Å². The quantitative estimate of drug-likeness (QED) is 0.888. The number of carbonyl (C=O) groups is 1. The molecule has 144 valence electrons. The van der Waals surface area contributed by atoms with Crippen LogP contribution in [0.5, 0.6) is 0 Å². The van der Waals surface area contributed by atoms with Crippen molar-refractivity contribution < 1.29 is 9.18 Å². The van der Waals surface area contributed by atoms with Crippen molar-refractivity contribution in [2.24, 2.45) is 0 Å². The molecule has 0 aromatic heterocycles. The summed E-state index contributed by atoms with van der Waals surface area (Å²) in [6, 6.07) is 14.6. The molecule has 0 atom stereocenters. The second-order valence-electron chi connectivity index (χ2n) is 8.08. The van der Waals surface area contributed by atoms with Gasteiger partial charge in [0.15, 0.2) is 0 Å². The van der Waals surface area contributed by atoms with E-state index in [4.69, 9.17) is 0 Å². The van der Waals surface area contributed by atoms with Gasteiger partial charge in [0.2, 0.25) is 5.91 Å². The van der Waals surface area contributed by atoms with Crippen LogP contribution in [0.2, 0.25) is 0 Å². The number of nitrogens with one attached hydrogen (secondary N) is 1. The molecule has 2 aromatic rings. The molecule has 1 aliphatic rings. The van der Waals surface area contributed by atoms with Crippen LogP contribution in [0.1, 0.15) is 26.3 Å². The molecule has 0 spiro atoms. The third-order valence-corrected chi connectivity index (χ3v) is 4.94. The second-order valence-corrected chi connectivity index (χ2v) is 8.08. The van der Waals surface area contributed by atoms with Crippen LogP contribution in [-0.2, 0) is 10.2 Å². The third kappa shape index (κ3) is 5.07. The highest BCUT2D eigenvalue weighted by Crippen LogP contribution is 2.29. The summed E-state index contributed by atoms with van der Waals surface area (Å²) < 4.78 is 13.1. The second kappa shape index (κ2) is 8.09. The lowest BCUT2D eigenvalue weighted by molar-refractivity contribution is -0.117. The zero-order valence-electron chi connectivity index (χ0n) is 16.3. The Kier molecular flexibility index (Phi) is 5.80. The topological polar surface area (TPSA) is 35.6 Å². The first-order valence-corrected chi connectivity index (χ1v) is 9.45. The van der Waals surface area contributed by atoms with Crippen LogP contribution in [0.25, 0.3) is 0 Å². The highest BCUT2D eigenvalue weighted by molar-refractivity contribution is 5.93. The fourth-order valence-electron chi connectivity index (χ4n) is 3.46. The Labute approximate surface area is 161 Å². The Hall–Kier alpha value is -2.40. The summed E-state index contributed by atoms with van der Waals surface area (Å²) in [5.74, 6) is -0.202. The van der Waals surface area contributed by atoms with E-state index in [1.165, 1.54) is 12.1 Å². The summed E-state index contributed by atoms with van der Waals surface area (Å²) in [5, 5.41) is 3.08. The van der Waals surface area contributed by atoms with Gasteiger partial charge in [0, 0.05) is 37.6 Å². The SMILES string of the molecule is CC(C)(C)c1ccccc1NC(=O)CN1CCN(c2ccc(F)cc2)CC1. The number of nitrogens with zero attached hydrogens (tertiary/aromatic N) is 2. The Morgan fingerprint density at radius 2 is 1.63 bits per heavy atom. The molecule has 0 radical (unpaired) electrons. The minimum atomic E-state index is -0.218. The van der Waals surface area contributed by atoms with Crippen molar-refractivity contribution in [2.45, 2.75) is 26.2 Å². The van der Waals surface area contributed by atoms with Crippen molar-refractivity contribution in [3.63, 3.8) is 0 Å². The van der Waals surface area contributed by atoms with Crippen LogP contribution in [0.4, 0.5) is 15.8 Å². The summed E-state index contributed by atoms with van der Waals surface area (Å²) in [5.41, 5.74) is 3.03. The van der Waals surface area contributed by atoms with Crippen LogP contribution in [0, 0.1) is 5.82 Å². The molecule has 1 aliphatic heterocycles. The molecular formula is C22H28FN3O. The van der Waals surface area contributed by atoms with Crippen molar-refractivity contribution in [1.29, 1.82) is 0 Å². The number of para-hydroxylation sites is 1. The van der Waals surface area contributed by atoms with Gasteiger partial charge in [-0.1, -0.05) is 39.0 Å². The number of benzene rings is 2. The molecule has 4 nitrogen and oxygen atoms in total. The molecular weight excluding hydrogens is 341 g/mol. The van der Waals surface area contributed by atoms with E-state index in [0.29, 0.717) is 6.54 Å². The Balaban J connectivity index is 1.54. The standard InChI is InChI=1S/C22H28FN3O/c1-22(2,3)19-6-4-5-7-20(19)24-21(27)16-25-12-14-26(15-13-25)18-10-8-17(23)9-11-18/h4-11H,12-16H2,1-3H3,(H,24,27). The van der Waals surface area contributed by atoms with E-state index in [9.17, 15) is 9.18 Å². The Bertz CT molecular complexity index is 775. The maximum Gasteiger partial charge on any atom is 0.238 e. The van der Waals surface area contributed by atoms with Crippen LogP contribution >= 0.6 is 0 Å². The van der Waals surface area contributed by atoms with Gasteiger partial charge in [-0.3, -0.25) is 9.69 Å². The predicted octanol–water partition coefficient (Wildman–Crippen LogP) is 3.88. The molecule has 0 saturated carbocycles. The van der Waals surface area contributed by atoms with Crippen molar-refractivity contribution in [3.8, 4) is 0 Å². The van der Waals surface area contributed by atoms with E-state index in [-0.39, 0.29) is 17.1 Å². The monoisotopic (exact) mass is 369 g/mol. The molecule has 3 rings (SSSR count). The Morgan fingerprint density at radius 3 is 2.26 bits per heavy atom. The summed E-state index contributed by atoms with van der Waals surface area (Å²) in [6.07, 6.45) is 0. The zero-order valence-corrected chi connectivity index (χ0v) is 16.3. The van der Waals surface area contributed by atoms with Gasteiger partial charge in [0.25, 0.3) is 0 Å². The number of hydrogen-bond donors (Lipinski definition) is 1. The lowest BCUT2D eigenvalue weighted by Gasteiger charge is -2.35. The van der Waals surface area contributed by atoms with Gasteiger partial charge < -0.3 is 10.2 Å². The van der Waals surface area contributed by atoms with Crippen molar-refractivity contribution >= 4 is 17.3 Å². The number of hydrogen-bond acceptors (Lipinski definition) is 3. The van der Waals surface area contributed by atoms with Gasteiger partial charge >= 0.3 is 0 Å². The number of carbonyl (C=O) groups excluding carboxylic acids is 1. The number of amides is 1.